The Morgan fingerprint density at radius 1 is 0.550 bits per heavy atom. The predicted molar refractivity (Wildman–Crippen MR) is 169 cm³/mol. The van der Waals surface area contributed by atoms with E-state index in [1.807, 2.05) is 0 Å². The van der Waals surface area contributed by atoms with E-state index < -0.39 is 0 Å². The largest absolute Gasteiger partial charge is 0.302 e. The van der Waals surface area contributed by atoms with Crippen LogP contribution in [0.25, 0.3) is 32.8 Å². The summed E-state index contributed by atoms with van der Waals surface area (Å²) in [6, 6.07) is 43.8. The first-order valence-electron chi connectivity index (χ1n) is 14.4. The van der Waals surface area contributed by atoms with Crippen LogP contribution >= 0.6 is 0 Å². The Labute approximate surface area is 237 Å². The minimum atomic E-state index is 0.0276. The van der Waals surface area contributed by atoms with Crippen molar-refractivity contribution in [1.82, 2.24) is 4.98 Å². The topological polar surface area (TPSA) is 29.5 Å². The van der Waals surface area contributed by atoms with Gasteiger partial charge in [-0.1, -0.05) is 131 Å². The summed E-state index contributed by atoms with van der Waals surface area (Å²) in [6.07, 6.45) is 0. The molecule has 2 N–H and O–H groups in total. The van der Waals surface area contributed by atoms with Crippen molar-refractivity contribution in [1.29, 1.82) is 0 Å². The molecule has 0 amide bonds. The third-order valence-electron chi connectivity index (χ3n) is 8.03. The molecule has 1 atom stereocenters. The zero-order valence-corrected chi connectivity index (χ0v) is 23.8. The maximum Gasteiger partial charge on any atom is 0.159 e. The number of nitrogens with two attached hydrogens (primary N) is 1. The minimum absolute atomic E-state index is 0.0276. The van der Waals surface area contributed by atoms with Crippen molar-refractivity contribution >= 4 is 27.2 Å². The van der Waals surface area contributed by atoms with Gasteiger partial charge in [-0.15, -0.1) is 0 Å². The van der Waals surface area contributed by atoms with Crippen LogP contribution in [0.3, 0.4) is 0 Å². The molecule has 1 unspecified atom stereocenters. The van der Waals surface area contributed by atoms with E-state index in [-0.39, 0.29) is 6.04 Å². The molecule has 0 radical (unpaired) electrons. The first-order chi connectivity index (χ1) is 19.5. The van der Waals surface area contributed by atoms with E-state index in [1.165, 1.54) is 49.5 Å². The van der Waals surface area contributed by atoms with E-state index >= 15 is 0 Å². The number of fused-ring (bicyclic) bond motifs is 2. The second-order valence-electron chi connectivity index (χ2n) is 11.4. The lowest BCUT2D eigenvalue weighted by atomic mass is 9.91. The normalized spacial score (nSPS) is 12.4. The van der Waals surface area contributed by atoms with Crippen LogP contribution in [0.2, 0.25) is 0 Å². The lowest BCUT2D eigenvalue weighted by Crippen LogP contribution is -2.80. The molecule has 5 aromatic carbocycles. The van der Waals surface area contributed by atoms with Gasteiger partial charge in [-0.05, 0) is 51.6 Å². The molecule has 0 saturated heterocycles. The van der Waals surface area contributed by atoms with Crippen LogP contribution in [0.1, 0.15) is 68.0 Å². The predicted octanol–water partition coefficient (Wildman–Crippen LogP) is 9.29. The highest BCUT2D eigenvalue weighted by atomic mass is 15.0. The molecular formula is C38H37N2+. The number of para-hydroxylation sites is 1. The summed E-state index contributed by atoms with van der Waals surface area (Å²) in [5, 5.41) is 7.41. The first kappa shape index (κ1) is 26.0. The fraction of sp³-hybridized carbons (Fsp3) is 0.184. The Kier molecular flexibility index (Phi) is 7.19. The molecule has 6 rings (SSSR count). The SMILES string of the molecule is CC(C)c1cccc(C(C)C)c1[NH2+]C(c1ccccc1)c1cccc(-c2c3ccccc3cc3ccccc23)n1. The number of aromatic nitrogens is 1. The van der Waals surface area contributed by atoms with E-state index in [9.17, 15) is 0 Å². The molecular weight excluding hydrogens is 484 g/mol. The second kappa shape index (κ2) is 11.1. The lowest BCUT2D eigenvalue weighted by molar-refractivity contribution is -0.609. The highest BCUT2D eigenvalue weighted by Crippen LogP contribution is 2.36. The maximum absolute atomic E-state index is 5.43. The fourth-order valence-electron chi connectivity index (χ4n) is 6.03. The van der Waals surface area contributed by atoms with Gasteiger partial charge in [-0.3, -0.25) is 0 Å². The quantitative estimate of drug-likeness (QED) is 0.165. The van der Waals surface area contributed by atoms with Crippen LogP contribution in [0, 0.1) is 0 Å². The summed E-state index contributed by atoms with van der Waals surface area (Å²) in [5.74, 6) is 0.866. The summed E-state index contributed by atoms with van der Waals surface area (Å²) < 4.78 is 0. The molecule has 0 aliphatic carbocycles. The number of pyridine rings is 1. The molecule has 0 bridgehead atoms. The molecule has 1 heterocycles. The van der Waals surface area contributed by atoms with Gasteiger partial charge in [0.05, 0.1) is 5.69 Å². The molecule has 0 saturated carbocycles. The number of benzene rings is 5. The second-order valence-corrected chi connectivity index (χ2v) is 11.4. The Balaban J connectivity index is 1.55. The van der Waals surface area contributed by atoms with Crippen molar-refractivity contribution in [2.24, 2.45) is 0 Å². The number of rotatable bonds is 7. The summed E-state index contributed by atoms with van der Waals surface area (Å²) in [4.78, 5) is 5.43. The highest BCUT2D eigenvalue weighted by Gasteiger charge is 2.26. The van der Waals surface area contributed by atoms with Gasteiger partial charge >= 0.3 is 0 Å². The molecule has 0 fully saturated rings. The van der Waals surface area contributed by atoms with E-state index in [1.54, 1.807) is 0 Å². The molecule has 1 aromatic heterocycles. The maximum atomic E-state index is 5.43. The number of quaternary nitrogens is 1. The van der Waals surface area contributed by atoms with Crippen LogP contribution in [0.15, 0.2) is 121 Å². The summed E-state index contributed by atoms with van der Waals surface area (Å²) in [6.45, 7) is 9.16. The minimum Gasteiger partial charge on any atom is -0.302 e. The average Bonchev–Trinajstić information content (AvgIpc) is 2.98. The van der Waals surface area contributed by atoms with Gasteiger partial charge in [0.2, 0.25) is 0 Å². The van der Waals surface area contributed by atoms with E-state index in [2.05, 4.69) is 154 Å². The van der Waals surface area contributed by atoms with Gasteiger partial charge in [0.25, 0.3) is 0 Å². The summed E-state index contributed by atoms with van der Waals surface area (Å²) in [7, 11) is 0. The van der Waals surface area contributed by atoms with Gasteiger partial charge in [0, 0.05) is 22.3 Å². The van der Waals surface area contributed by atoms with Crippen LogP contribution in [0.4, 0.5) is 5.69 Å². The van der Waals surface area contributed by atoms with Crippen LogP contribution in [0.5, 0.6) is 0 Å². The number of hydrogen-bond acceptors (Lipinski definition) is 1. The van der Waals surface area contributed by atoms with Gasteiger partial charge in [0.15, 0.2) is 6.04 Å². The molecule has 2 heteroatoms. The highest BCUT2D eigenvalue weighted by molar-refractivity contribution is 6.12. The molecule has 0 spiro atoms. The smallest absolute Gasteiger partial charge is 0.159 e. The van der Waals surface area contributed by atoms with Crippen LogP contribution < -0.4 is 5.32 Å². The molecule has 0 aliphatic heterocycles. The van der Waals surface area contributed by atoms with Crippen molar-refractivity contribution in [3.05, 3.63) is 144 Å². The molecule has 0 aliphatic rings. The van der Waals surface area contributed by atoms with Crippen LogP contribution in [-0.2, 0) is 0 Å². The number of nitrogens with zero attached hydrogens (tertiary/aromatic N) is 1. The standard InChI is InChI=1S/C38H36N2/c1-25(2)30-20-12-21-31(26(3)4)38(30)40-37(27-14-6-5-7-15-27)35-23-13-22-34(39-35)36-32-18-10-8-16-28(32)24-29-17-9-11-19-33(29)36/h5-26,37,40H,1-4H3/p+1. The summed E-state index contributed by atoms with van der Waals surface area (Å²) in [5.41, 5.74) is 8.67. The zero-order valence-electron chi connectivity index (χ0n) is 23.8. The third kappa shape index (κ3) is 4.92. The average molecular weight is 522 g/mol. The van der Waals surface area contributed by atoms with Gasteiger partial charge in [-0.2, -0.15) is 0 Å². The van der Waals surface area contributed by atoms with E-state index in [4.69, 9.17) is 4.98 Å². The Morgan fingerprint density at radius 2 is 1.10 bits per heavy atom. The summed E-state index contributed by atoms with van der Waals surface area (Å²) >= 11 is 0. The first-order valence-corrected chi connectivity index (χ1v) is 14.4. The van der Waals surface area contributed by atoms with Crippen molar-refractivity contribution < 1.29 is 5.32 Å². The molecule has 2 nitrogen and oxygen atoms in total. The van der Waals surface area contributed by atoms with Crippen molar-refractivity contribution in [3.8, 4) is 11.3 Å². The Hall–Kier alpha value is -4.27. The number of hydrogen-bond donors (Lipinski definition) is 1. The molecule has 40 heavy (non-hydrogen) atoms. The zero-order chi connectivity index (χ0) is 27.6. The Bertz CT molecular complexity index is 1700. The monoisotopic (exact) mass is 521 g/mol. The van der Waals surface area contributed by atoms with Crippen molar-refractivity contribution in [3.63, 3.8) is 0 Å². The van der Waals surface area contributed by atoms with Crippen molar-refractivity contribution in [2.75, 3.05) is 0 Å². The Morgan fingerprint density at radius 3 is 1.70 bits per heavy atom. The molecule has 6 aromatic rings. The lowest BCUT2D eigenvalue weighted by Gasteiger charge is -2.22. The van der Waals surface area contributed by atoms with Gasteiger partial charge < -0.3 is 5.32 Å². The molecule has 198 valence electrons. The van der Waals surface area contributed by atoms with E-state index in [0.717, 1.165) is 11.4 Å². The van der Waals surface area contributed by atoms with Crippen molar-refractivity contribution in [2.45, 2.75) is 45.6 Å². The van der Waals surface area contributed by atoms with Gasteiger partial charge in [0.1, 0.15) is 11.4 Å². The van der Waals surface area contributed by atoms with E-state index in [0.29, 0.717) is 11.8 Å². The third-order valence-corrected chi connectivity index (χ3v) is 8.03. The van der Waals surface area contributed by atoms with Gasteiger partial charge in [-0.25, -0.2) is 4.98 Å². The fourth-order valence-corrected chi connectivity index (χ4v) is 6.03. The van der Waals surface area contributed by atoms with Crippen LogP contribution in [-0.4, -0.2) is 4.98 Å².